The minimum Gasteiger partial charge on any atom is -0.260 e. The van der Waals surface area contributed by atoms with E-state index in [9.17, 15) is 0 Å². The molecular formula is C11H12ClN. The summed E-state index contributed by atoms with van der Waals surface area (Å²) in [4.78, 5) is 4.39. The molecule has 0 unspecified atom stereocenters. The number of aromatic nitrogens is 1. The Balaban J connectivity index is 2.47. The minimum absolute atomic E-state index is 0.517. The monoisotopic (exact) mass is 193 g/mol. The molecule has 0 saturated carbocycles. The van der Waals surface area contributed by atoms with E-state index in [1.807, 2.05) is 12.3 Å². The third-order valence-electron chi connectivity index (χ3n) is 2.39. The fourth-order valence-corrected chi connectivity index (χ4v) is 1.73. The van der Waals surface area contributed by atoms with Crippen LogP contribution in [-0.4, -0.2) is 4.98 Å². The first-order valence-corrected chi connectivity index (χ1v) is 4.91. The van der Waals surface area contributed by atoms with E-state index in [-0.39, 0.29) is 0 Å². The lowest BCUT2D eigenvalue weighted by Gasteiger charge is -2.07. The van der Waals surface area contributed by atoms with Gasteiger partial charge in [-0.05, 0) is 17.5 Å². The highest BCUT2D eigenvalue weighted by molar-refractivity contribution is 6.49. The summed E-state index contributed by atoms with van der Waals surface area (Å²) in [5.74, 6) is 0.517. The molecule has 0 fully saturated rings. The molecule has 13 heavy (non-hydrogen) atoms. The largest absolute Gasteiger partial charge is 0.260 e. The fourth-order valence-electron chi connectivity index (χ4n) is 1.49. The van der Waals surface area contributed by atoms with E-state index in [2.05, 4.69) is 24.9 Å². The van der Waals surface area contributed by atoms with Gasteiger partial charge < -0.3 is 0 Å². The number of rotatable bonds is 1. The summed E-state index contributed by atoms with van der Waals surface area (Å²) >= 11 is 6.04. The van der Waals surface area contributed by atoms with Crippen molar-refractivity contribution in [2.75, 3.05) is 0 Å². The van der Waals surface area contributed by atoms with Crippen LogP contribution in [0.25, 0.3) is 5.03 Å². The first-order valence-electron chi connectivity index (χ1n) is 4.53. The van der Waals surface area contributed by atoms with Gasteiger partial charge >= 0.3 is 0 Å². The molecule has 0 spiro atoms. The van der Waals surface area contributed by atoms with Crippen molar-refractivity contribution in [1.82, 2.24) is 4.98 Å². The van der Waals surface area contributed by atoms with E-state index in [1.165, 1.54) is 5.56 Å². The molecule has 0 amide bonds. The van der Waals surface area contributed by atoms with Crippen LogP contribution in [0.4, 0.5) is 0 Å². The van der Waals surface area contributed by atoms with Crippen LogP contribution < -0.4 is 0 Å². The number of allylic oxidation sites excluding steroid dienone is 1. The second kappa shape index (κ2) is 3.15. The Morgan fingerprint density at radius 2 is 2.23 bits per heavy atom. The van der Waals surface area contributed by atoms with Gasteiger partial charge in [-0.15, -0.1) is 0 Å². The predicted octanol–water partition coefficient (Wildman–Crippen LogP) is 3.34. The molecule has 1 aliphatic rings. The van der Waals surface area contributed by atoms with Gasteiger partial charge in [-0.2, -0.15) is 0 Å². The highest BCUT2D eigenvalue weighted by Gasteiger charge is 2.14. The summed E-state index contributed by atoms with van der Waals surface area (Å²) < 4.78 is 0. The van der Waals surface area contributed by atoms with Gasteiger partial charge in [0.2, 0.25) is 0 Å². The molecule has 0 atom stereocenters. The number of fused-ring (bicyclic) bond motifs is 1. The van der Waals surface area contributed by atoms with E-state index >= 15 is 0 Å². The van der Waals surface area contributed by atoms with Crippen LogP contribution in [0.1, 0.15) is 36.6 Å². The molecule has 1 nitrogen and oxygen atoms in total. The number of pyridine rings is 1. The molecule has 1 heterocycles. The normalized spacial score (nSPS) is 14.6. The Hall–Kier alpha value is -0.820. The maximum absolute atomic E-state index is 6.04. The lowest BCUT2D eigenvalue weighted by Crippen LogP contribution is -1.94. The van der Waals surface area contributed by atoms with Crippen molar-refractivity contribution in [3.8, 4) is 0 Å². The van der Waals surface area contributed by atoms with E-state index in [0.717, 1.165) is 22.7 Å². The van der Waals surface area contributed by atoms with Gasteiger partial charge in [-0.3, -0.25) is 4.98 Å². The van der Waals surface area contributed by atoms with Gasteiger partial charge in [0, 0.05) is 23.2 Å². The van der Waals surface area contributed by atoms with Crippen LogP contribution in [0, 0.1) is 0 Å². The van der Waals surface area contributed by atoms with Crippen molar-refractivity contribution >= 4 is 16.6 Å². The van der Waals surface area contributed by atoms with E-state index in [1.54, 1.807) is 0 Å². The fraction of sp³-hybridized carbons (Fsp3) is 0.364. The Morgan fingerprint density at radius 3 is 2.92 bits per heavy atom. The standard InChI is InChI=1S/C11H12ClN/c1-7(2)8-5-9-10(12)3-4-11(9)13-6-8/h3,5-7H,4H2,1-2H3. The molecule has 2 heteroatoms. The van der Waals surface area contributed by atoms with E-state index < -0.39 is 0 Å². The molecule has 1 aromatic rings. The average molecular weight is 194 g/mol. The molecule has 0 bridgehead atoms. The third-order valence-corrected chi connectivity index (χ3v) is 2.75. The summed E-state index contributed by atoms with van der Waals surface area (Å²) in [5.41, 5.74) is 3.48. The highest BCUT2D eigenvalue weighted by Crippen LogP contribution is 2.30. The molecule has 68 valence electrons. The lowest BCUT2D eigenvalue weighted by molar-refractivity contribution is 0.853. The van der Waals surface area contributed by atoms with Crippen LogP contribution in [0.2, 0.25) is 0 Å². The Bertz CT molecular complexity index is 366. The maximum Gasteiger partial charge on any atom is 0.0529 e. The van der Waals surface area contributed by atoms with Crippen molar-refractivity contribution in [2.45, 2.75) is 26.2 Å². The number of hydrogen-bond acceptors (Lipinski definition) is 1. The van der Waals surface area contributed by atoms with Crippen LogP contribution in [-0.2, 0) is 6.42 Å². The second-order valence-corrected chi connectivity index (χ2v) is 4.08. The van der Waals surface area contributed by atoms with E-state index in [0.29, 0.717) is 5.92 Å². The summed E-state index contributed by atoms with van der Waals surface area (Å²) in [6, 6.07) is 2.15. The van der Waals surface area contributed by atoms with Gasteiger partial charge in [0.25, 0.3) is 0 Å². The van der Waals surface area contributed by atoms with Crippen LogP contribution >= 0.6 is 11.6 Å². The molecule has 1 aliphatic carbocycles. The SMILES string of the molecule is CC(C)c1cnc2c(c1)C(Cl)=CC2. The van der Waals surface area contributed by atoms with Gasteiger partial charge in [0.1, 0.15) is 0 Å². The first kappa shape index (κ1) is 8.76. The second-order valence-electron chi connectivity index (χ2n) is 3.67. The minimum atomic E-state index is 0.517. The summed E-state index contributed by atoms with van der Waals surface area (Å²) in [7, 11) is 0. The van der Waals surface area contributed by atoms with Gasteiger partial charge in [-0.1, -0.05) is 31.5 Å². The zero-order valence-corrected chi connectivity index (χ0v) is 8.60. The van der Waals surface area contributed by atoms with E-state index in [4.69, 9.17) is 11.6 Å². The Kier molecular flexibility index (Phi) is 2.12. The molecule has 0 aromatic carbocycles. The van der Waals surface area contributed by atoms with Crippen LogP contribution in [0.5, 0.6) is 0 Å². The van der Waals surface area contributed by atoms with Crippen LogP contribution in [0.3, 0.4) is 0 Å². The molecule has 2 rings (SSSR count). The first-order chi connectivity index (χ1) is 6.18. The summed E-state index contributed by atoms with van der Waals surface area (Å²) in [6.45, 7) is 4.33. The van der Waals surface area contributed by atoms with Crippen molar-refractivity contribution in [3.63, 3.8) is 0 Å². The average Bonchev–Trinajstić information content (AvgIpc) is 2.47. The molecule has 0 saturated heterocycles. The maximum atomic E-state index is 6.04. The number of nitrogens with zero attached hydrogens (tertiary/aromatic N) is 1. The van der Waals surface area contributed by atoms with Gasteiger partial charge in [0.05, 0.1) is 5.69 Å². The van der Waals surface area contributed by atoms with Crippen molar-refractivity contribution in [2.24, 2.45) is 0 Å². The summed E-state index contributed by atoms with van der Waals surface area (Å²) in [6.07, 6.45) is 4.85. The zero-order chi connectivity index (χ0) is 9.42. The zero-order valence-electron chi connectivity index (χ0n) is 7.84. The molecule has 1 aromatic heterocycles. The van der Waals surface area contributed by atoms with Gasteiger partial charge in [-0.25, -0.2) is 0 Å². The smallest absolute Gasteiger partial charge is 0.0529 e. The molecule has 0 aliphatic heterocycles. The Morgan fingerprint density at radius 1 is 1.46 bits per heavy atom. The molecule has 0 N–H and O–H groups in total. The van der Waals surface area contributed by atoms with Gasteiger partial charge in [0.15, 0.2) is 0 Å². The quantitative estimate of drug-likeness (QED) is 0.667. The third kappa shape index (κ3) is 1.49. The molecular weight excluding hydrogens is 182 g/mol. The number of halogens is 1. The Labute approximate surface area is 83.4 Å². The van der Waals surface area contributed by atoms with Crippen molar-refractivity contribution in [3.05, 3.63) is 35.2 Å². The topological polar surface area (TPSA) is 12.9 Å². The van der Waals surface area contributed by atoms with Crippen molar-refractivity contribution in [1.29, 1.82) is 0 Å². The van der Waals surface area contributed by atoms with Crippen molar-refractivity contribution < 1.29 is 0 Å². The molecule has 0 radical (unpaired) electrons. The summed E-state index contributed by atoms with van der Waals surface area (Å²) in [5, 5.41) is 0.852. The number of hydrogen-bond donors (Lipinski definition) is 0. The highest BCUT2D eigenvalue weighted by atomic mass is 35.5. The van der Waals surface area contributed by atoms with Crippen LogP contribution in [0.15, 0.2) is 18.3 Å². The predicted molar refractivity (Wildman–Crippen MR) is 55.9 cm³/mol. The lowest BCUT2D eigenvalue weighted by atomic mass is 10.0.